The molecule has 1 aliphatic heterocycles. The summed E-state index contributed by atoms with van der Waals surface area (Å²) in [6, 6.07) is 9.60. The molecule has 6 nitrogen and oxygen atoms in total. The van der Waals surface area contributed by atoms with Gasteiger partial charge in [0.1, 0.15) is 11.5 Å². The maximum absolute atomic E-state index is 13.0. The molecule has 1 N–H and O–H groups in total. The first-order valence-corrected chi connectivity index (χ1v) is 9.62. The summed E-state index contributed by atoms with van der Waals surface area (Å²) in [5.74, 6) is 2.57. The number of nitrogens with one attached hydrogen (secondary N) is 1. The van der Waals surface area contributed by atoms with Gasteiger partial charge in [-0.3, -0.25) is 4.79 Å². The number of hydrogen-bond acceptors (Lipinski definition) is 6. The van der Waals surface area contributed by atoms with E-state index in [9.17, 15) is 4.79 Å². The van der Waals surface area contributed by atoms with Crippen molar-refractivity contribution in [3.8, 4) is 23.0 Å². The minimum absolute atomic E-state index is 0.169. The van der Waals surface area contributed by atoms with E-state index in [1.165, 1.54) is 0 Å². The van der Waals surface area contributed by atoms with E-state index in [4.69, 9.17) is 18.9 Å². The molecular formula is C23H25NO5. The van der Waals surface area contributed by atoms with Crippen molar-refractivity contribution in [2.45, 2.75) is 25.2 Å². The van der Waals surface area contributed by atoms with Crippen LogP contribution in [0.1, 0.15) is 36.3 Å². The van der Waals surface area contributed by atoms with E-state index in [-0.39, 0.29) is 11.7 Å². The third kappa shape index (κ3) is 3.18. The van der Waals surface area contributed by atoms with Gasteiger partial charge in [0.15, 0.2) is 17.3 Å². The van der Waals surface area contributed by atoms with Crippen LogP contribution in [0.3, 0.4) is 0 Å². The van der Waals surface area contributed by atoms with Crippen LogP contribution in [0.2, 0.25) is 0 Å². The van der Waals surface area contributed by atoms with Crippen molar-refractivity contribution in [1.82, 2.24) is 0 Å². The van der Waals surface area contributed by atoms with Gasteiger partial charge in [-0.05, 0) is 30.5 Å². The van der Waals surface area contributed by atoms with Crippen LogP contribution in [0.25, 0.3) is 0 Å². The minimum atomic E-state index is -0.255. The summed E-state index contributed by atoms with van der Waals surface area (Å²) in [5.41, 5.74) is 4.56. The van der Waals surface area contributed by atoms with Gasteiger partial charge in [-0.25, -0.2) is 0 Å². The van der Waals surface area contributed by atoms with Crippen LogP contribution >= 0.6 is 0 Å². The number of methoxy groups -OCH3 is 4. The van der Waals surface area contributed by atoms with Crippen LogP contribution in [0.5, 0.6) is 23.0 Å². The average Bonchev–Trinajstić information content (AvgIpc) is 2.76. The van der Waals surface area contributed by atoms with Crippen LogP contribution in [0.4, 0.5) is 5.69 Å². The lowest BCUT2D eigenvalue weighted by Gasteiger charge is -2.35. The summed E-state index contributed by atoms with van der Waals surface area (Å²) in [5, 5.41) is 3.47. The van der Waals surface area contributed by atoms with Crippen LogP contribution in [-0.4, -0.2) is 34.2 Å². The van der Waals surface area contributed by atoms with Crippen molar-refractivity contribution in [3.63, 3.8) is 0 Å². The molecule has 2 aromatic rings. The van der Waals surface area contributed by atoms with Crippen LogP contribution in [0.15, 0.2) is 41.6 Å². The Hall–Kier alpha value is -3.15. The Labute approximate surface area is 170 Å². The fraction of sp³-hybridized carbons (Fsp3) is 0.348. The van der Waals surface area contributed by atoms with E-state index < -0.39 is 0 Å². The van der Waals surface area contributed by atoms with Gasteiger partial charge >= 0.3 is 0 Å². The van der Waals surface area contributed by atoms with Crippen molar-refractivity contribution < 1.29 is 23.7 Å². The number of Topliss-reactive ketones (excluding diaryl/α,β-unsaturated/α-hetero) is 1. The van der Waals surface area contributed by atoms with Gasteiger partial charge in [0.25, 0.3) is 0 Å². The van der Waals surface area contributed by atoms with Crippen LogP contribution in [-0.2, 0) is 4.79 Å². The second-order valence-electron chi connectivity index (χ2n) is 7.13. The molecule has 0 saturated carbocycles. The molecule has 0 bridgehead atoms. The Bertz CT molecular complexity index is 995. The van der Waals surface area contributed by atoms with Gasteiger partial charge in [-0.1, -0.05) is 6.07 Å². The zero-order valence-corrected chi connectivity index (χ0v) is 17.1. The number of ketones is 1. The first kappa shape index (κ1) is 19.2. The Morgan fingerprint density at radius 2 is 1.62 bits per heavy atom. The third-order valence-corrected chi connectivity index (χ3v) is 5.63. The Kier molecular flexibility index (Phi) is 5.09. The minimum Gasteiger partial charge on any atom is -0.497 e. The molecule has 152 valence electrons. The molecule has 0 spiro atoms. The largest absolute Gasteiger partial charge is 0.497 e. The van der Waals surface area contributed by atoms with Crippen LogP contribution in [0, 0.1) is 0 Å². The zero-order chi connectivity index (χ0) is 20.5. The summed E-state index contributed by atoms with van der Waals surface area (Å²) < 4.78 is 22.1. The van der Waals surface area contributed by atoms with Gasteiger partial charge in [0, 0.05) is 47.0 Å². The summed E-state index contributed by atoms with van der Waals surface area (Å²) in [6.07, 6.45) is 2.24. The van der Waals surface area contributed by atoms with Crippen LogP contribution < -0.4 is 24.3 Å². The maximum atomic E-state index is 13.0. The average molecular weight is 395 g/mol. The molecule has 2 aromatic carbocycles. The number of benzene rings is 2. The van der Waals surface area contributed by atoms with Crippen molar-refractivity contribution in [1.29, 1.82) is 0 Å². The van der Waals surface area contributed by atoms with E-state index in [0.717, 1.165) is 40.9 Å². The molecule has 0 aromatic heterocycles. The molecule has 0 radical (unpaired) electrons. The van der Waals surface area contributed by atoms with E-state index in [2.05, 4.69) is 5.32 Å². The Morgan fingerprint density at radius 3 is 2.31 bits per heavy atom. The Balaban J connectivity index is 1.97. The Morgan fingerprint density at radius 1 is 0.862 bits per heavy atom. The van der Waals surface area contributed by atoms with E-state index >= 15 is 0 Å². The zero-order valence-electron chi connectivity index (χ0n) is 17.1. The molecule has 29 heavy (non-hydrogen) atoms. The molecule has 6 heteroatoms. The highest BCUT2D eigenvalue weighted by Gasteiger charge is 2.37. The van der Waals surface area contributed by atoms with Gasteiger partial charge in [0.2, 0.25) is 0 Å². The lowest BCUT2D eigenvalue weighted by Crippen LogP contribution is -2.27. The van der Waals surface area contributed by atoms with Gasteiger partial charge < -0.3 is 24.3 Å². The SMILES string of the molecule is COc1cc2c(c(OC)c1)C(c1ccc(OC)c(OC)c1)C1=C(CCCC1=O)N2. The summed E-state index contributed by atoms with van der Waals surface area (Å²) >= 11 is 0. The smallest absolute Gasteiger partial charge is 0.161 e. The molecule has 0 fully saturated rings. The van der Waals surface area contributed by atoms with Gasteiger partial charge in [-0.2, -0.15) is 0 Å². The summed E-state index contributed by atoms with van der Waals surface area (Å²) in [4.78, 5) is 13.0. The van der Waals surface area contributed by atoms with Gasteiger partial charge in [0.05, 0.1) is 28.4 Å². The standard InChI is InChI=1S/C23H25NO5/c1-26-14-11-16-23(20(12-14)29-4)21(22-15(24-16)6-5-7-17(22)25)13-8-9-18(27-2)19(10-13)28-3/h8-12,21,24H,5-7H2,1-4H3. The van der Waals surface area contributed by atoms with Gasteiger partial charge in [-0.15, -0.1) is 0 Å². The topological polar surface area (TPSA) is 66.0 Å². The highest BCUT2D eigenvalue weighted by atomic mass is 16.5. The molecule has 1 atom stereocenters. The first-order chi connectivity index (χ1) is 14.1. The number of rotatable bonds is 5. The molecule has 1 aliphatic carbocycles. The number of fused-ring (bicyclic) bond motifs is 1. The predicted molar refractivity (Wildman–Crippen MR) is 110 cm³/mol. The summed E-state index contributed by atoms with van der Waals surface area (Å²) in [6.45, 7) is 0. The maximum Gasteiger partial charge on any atom is 0.161 e. The number of carbonyl (C=O) groups is 1. The lowest BCUT2D eigenvalue weighted by atomic mass is 9.75. The van der Waals surface area contributed by atoms with E-state index in [1.807, 2.05) is 30.3 Å². The normalized spacial score (nSPS) is 17.8. The van der Waals surface area contributed by atoms with Crippen molar-refractivity contribution in [2.75, 3.05) is 33.8 Å². The highest BCUT2D eigenvalue weighted by Crippen LogP contribution is 2.51. The second kappa shape index (κ2) is 7.70. The molecule has 1 heterocycles. The number of allylic oxidation sites excluding steroid dienone is 2. The molecule has 1 unspecified atom stereocenters. The van der Waals surface area contributed by atoms with Crippen molar-refractivity contribution in [2.24, 2.45) is 0 Å². The molecule has 0 saturated heterocycles. The fourth-order valence-electron chi connectivity index (χ4n) is 4.29. The monoisotopic (exact) mass is 395 g/mol. The van der Waals surface area contributed by atoms with Crippen molar-refractivity contribution in [3.05, 3.63) is 52.7 Å². The highest BCUT2D eigenvalue weighted by molar-refractivity contribution is 6.01. The number of ether oxygens (including phenoxy) is 4. The number of hydrogen-bond donors (Lipinski definition) is 1. The number of carbonyl (C=O) groups excluding carboxylic acids is 1. The second-order valence-corrected chi connectivity index (χ2v) is 7.13. The molecule has 4 rings (SSSR count). The van der Waals surface area contributed by atoms with E-state index in [0.29, 0.717) is 29.4 Å². The lowest BCUT2D eigenvalue weighted by molar-refractivity contribution is -0.116. The molecule has 0 amide bonds. The molecule has 2 aliphatic rings. The quantitative estimate of drug-likeness (QED) is 0.815. The summed E-state index contributed by atoms with van der Waals surface area (Å²) in [7, 11) is 6.48. The fourth-order valence-corrected chi connectivity index (χ4v) is 4.29. The molecular weight excluding hydrogens is 370 g/mol. The van der Waals surface area contributed by atoms with E-state index in [1.54, 1.807) is 28.4 Å². The predicted octanol–water partition coefficient (Wildman–Crippen LogP) is 4.29. The van der Waals surface area contributed by atoms with Crippen molar-refractivity contribution >= 4 is 11.5 Å². The number of anilines is 1. The third-order valence-electron chi connectivity index (χ3n) is 5.63. The first-order valence-electron chi connectivity index (χ1n) is 9.62.